The topological polar surface area (TPSA) is 51.8 Å². The van der Waals surface area contributed by atoms with Crippen LogP contribution in [0.1, 0.15) is 11.3 Å². The second kappa shape index (κ2) is 2.01. The van der Waals surface area contributed by atoms with Crippen LogP contribution in [0.15, 0.2) is 6.20 Å². The van der Waals surface area contributed by atoms with E-state index in [-0.39, 0.29) is 0 Å². The summed E-state index contributed by atoms with van der Waals surface area (Å²) >= 11 is 0. The van der Waals surface area contributed by atoms with Gasteiger partial charge in [0.25, 0.3) is 0 Å². The molecule has 0 unspecified atom stereocenters. The number of nitrogens with two attached hydrogens (primary N) is 1. The van der Waals surface area contributed by atoms with Crippen molar-refractivity contribution in [2.45, 2.75) is 13.8 Å². The molecule has 1 aromatic rings. The molecular weight excluding hydrogens is 114 g/mol. The van der Waals surface area contributed by atoms with Crippen molar-refractivity contribution in [3.63, 3.8) is 0 Å². The van der Waals surface area contributed by atoms with Gasteiger partial charge >= 0.3 is 0 Å². The molecule has 0 saturated heterocycles. The SMILES string of the molecule is Cc1nncc(N)c1C. The summed E-state index contributed by atoms with van der Waals surface area (Å²) in [6, 6.07) is 0. The summed E-state index contributed by atoms with van der Waals surface area (Å²) in [5, 5.41) is 7.48. The lowest BCUT2D eigenvalue weighted by Gasteiger charge is -1.98. The molecule has 48 valence electrons. The first-order chi connectivity index (χ1) is 4.22. The number of hydrogen-bond donors (Lipinski definition) is 1. The van der Waals surface area contributed by atoms with Gasteiger partial charge in [0, 0.05) is 0 Å². The van der Waals surface area contributed by atoms with E-state index >= 15 is 0 Å². The molecule has 0 spiro atoms. The molecule has 3 heteroatoms. The number of aromatic nitrogens is 2. The van der Waals surface area contributed by atoms with Crippen molar-refractivity contribution >= 4 is 5.69 Å². The van der Waals surface area contributed by atoms with E-state index in [9.17, 15) is 0 Å². The number of aryl methyl sites for hydroxylation is 1. The molecule has 1 aromatic heterocycles. The normalized spacial score (nSPS) is 9.56. The molecule has 3 nitrogen and oxygen atoms in total. The lowest BCUT2D eigenvalue weighted by atomic mass is 10.2. The number of nitrogens with zero attached hydrogens (tertiary/aromatic N) is 2. The largest absolute Gasteiger partial charge is 0.397 e. The van der Waals surface area contributed by atoms with Crippen LogP contribution in [0, 0.1) is 13.8 Å². The third-order valence-corrected chi connectivity index (χ3v) is 1.38. The first-order valence-electron chi connectivity index (χ1n) is 2.76. The van der Waals surface area contributed by atoms with Gasteiger partial charge in [-0.3, -0.25) is 0 Å². The van der Waals surface area contributed by atoms with Crippen molar-refractivity contribution < 1.29 is 0 Å². The monoisotopic (exact) mass is 123 g/mol. The van der Waals surface area contributed by atoms with Crippen molar-refractivity contribution in [2.75, 3.05) is 5.73 Å². The maximum atomic E-state index is 5.52. The summed E-state index contributed by atoms with van der Waals surface area (Å²) in [7, 11) is 0. The van der Waals surface area contributed by atoms with E-state index in [1.807, 2.05) is 13.8 Å². The summed E-state index contributed by atoms with van der Waals surface area (Å²) in [6.45, 7) is 3.82. The van der Waals surface area contributed by atoms with Crippen LogP contribution in [-0.2, 0) is 0 Å². The Morgan fingerprint density at radius 1 is 1.44 bits per heavy atom. The standard InChI is InChI=1S/C6H9N3/c1-4-5(2)9-8-3-6(4)7/h3H,1-2H3,(H2,7,9). The van der Waals surface area contributed by atoms with Gasteiger partial charge in [-0.05, 0) is 19.4 Å². The Morgan fingerprint density at radius 3 is 2.56 bits per heavy atom. The van der Waals surface area contributed by atoms with Gasteiger partial charge in [-0.25, -0.2) is 0 Å². The molecule has 0 atom stereocenters. The van der Waals surface area contributed by atoms with Gasteiger partial charge < -0.3 is 5.73 Å². The molecular formula is C6H9N3. The van der Waals surface area contributed by atoms with Gasteiger partial charge in [0.15, 0.2) is 0 Å². The fourth-order valence-corrected chi connectivity index (χ4v) is 0.558. The van der Waals surface area contributed by atoms with Crippen molar-refractivity contribution in [1.29, 1.82) is 0 Å². The summed E-state index contributed by atoms with van der Waals surface area (Å²) in [5.41, 5.74) is 8.15. The highest BCUT2D eigenvalue weighted by atomic mass is 15.1. The Labute approximate surface area is 53.9 Å². The Balaban J connectivity index is 3.25. The van der Waals surface area contributed by atoms with Crippen molar-refractivity contribution in [2.24, 2.45) is 0 Å². The zero-order chi connectivity index (χ0) is 6.85. The maximum Gasteiger partial charge on any atom is 0.0728 e. The van der Waals surface area contributed by atoms with Gasteiger partial charge in [0.1, 0.15) is 0 Å². The van der Waals surface area contributed by atoms with E-state index in [1.165, 1.54) is 0 Å². The number of rotatable bonds is 0. The highest BCUT2D eigenvalue weighted by Crippen LogP contribution is 2.08. The highest BCUT2D eigenvalue weighted by molar-refractivity contribution is 5.44. The Morgan fingerprint density at radius 2 is 2.11 bits per heavy atom. The fourth-order valence-electron chi connectivity index (χ4n) is 0.558. The maximum absolute atomic E-state index is 5.52. The van der Waals surface area contributed by atoms with Gasteiger partial charge in [-0.15, -0.1) is 0 Å². The molecule has 2 N–H and O–H groups in total. The zero-order valence-electron chi connectivity index (χ0n) is 5.55. The summed E-state index contributed by atoms with van der Waals surface area (Å²) < 4.78 is 0. The Kier molecular flexibility index (Phi) is 1.34. The molecule has 9 heavy (non-hydrogen) atoms. The van der Waals surface area contributed by atoms with E-state index in [4.69, 9.17) is 5.73 Å². The van der Waals surface area contributed by atoms with Crippen LogP contribution < -0.4 is 5.73 Å². The minimum absolute atomic E-state index is 0.711. The summed E-state index contributed by atoms with van der Waals surface area (Å²) in [4.78, 5) is 0. The zero-order valence-corrected chi connectivity index (χ0v) is 5.55. The molecule has 0 radical (unpaired) electrons. The Hall–Kier alpha value is -1.12. The van der Waals surface area contributed by atoms with Gasteiger partial charge in [0.2, 0.25) is 0 Å². The second-order valence-electron chi connectivity index (χ2n) is 2.01. The minimum atomic E-state index is 0.711. The predicted molar refractivity (Wildman–Crippen MR) is 35.9 cm³/mol. The molecule has 0 amide bonds. The van der Waals surface area contributed by atoms with E-state index in [1.54, 1.807) is 6.20 Å². The lowest BCUT2D eigenvalue weighted by molar-refractivity contribution is 0.965. The van der Waals surface area contributed by atoms with E-state index in [0.717, 1.165) is 11.3 Å². The van der Waals surface area contributed by atoms with Crippen LogP contribution in [0.5, 0.6) is 0 Å². The smallest absolute Gasteiger partial charge is 0.0728 e. The second-order valence-corrected chi connectivity index (χ2v) is 2.01. The van der Waals surface area contributed by atoms with Crippen LogP contribution in [0.4, 0.5) is 5.69 Å². The van der Waals surface area contributed by atoms with Crippen molar-refractivity contribution in [3.8, 4) is 0 Å². The summed E-state index contributed by atoms with van der Waals surface area (Å²) in [5.74, 6) is 0. The molecule has 1 rings (SSSR count). The van der Waals surface area contributed by atoms with Crippen LogP contribution in [0.25, 0.3) is 0 Å². The summed E-state index contributed by atoms with van der Waals surface area (Å²) in [6.07, 6.45) is 1.56. The van der Waals surface area contributed by atoms with Gasteiger partial charge in [-0.2, -0.15) is 10.2 Å². The average Bonchev–Trinajstić information content (AvgIpc) is 1.83. The van der Waals surface area contributed by atoms with Crippen LogP contribution in [0.3, 0.4) is 0 Å². The number of nitrogen functional groups attached to an aromatic ring is 1. The molecule has 0 bridgehead atoms. The molecule has 0 fully saturated rings. The van der Waals surface area contributed by atoms with Gasteiger partial charge in [0.05, 0.1) is 17.6 Å². The first kappa shape index (κ1) is 6.01. The lowest BCUT2D eigenvalue weighted by Crippen LogP contribution is -1.96. The van der Waals surface area contributed by atoms with Crippen LogP contribution >= 0.6 is 0 Å². The Bertz CT molecular complexity index is 199. The predicted octanol–water partition coefficient (Wildman–Crippen LogP) is 0.676. The van der Waals surface area contributed by atoms with Crippen molar-refractivity contribution in [3.05, 3.63) is 17.5 Å². The van der Waals surface area contributed by atoms with E-state index in [2.05, 4.69) is 10.2 Å². The fraction of sp³-hybridized carbons (Fsp3) is 0.333. The molecule has 0 saturated carbocycles. The van der Waals surface area contributed by atoms with Crippen LogP contribution in [-0.4, -0.2) is 10.2 Å². The highest BCUT2D eigenvalue weighted by Gasteiger charge is 1.95. The van der Waals surface area contributed by atoms with E-state index < -0.39 is 0 Å². The molecule has 1 heterocycles. The average molecular weight is 123 g/mol. The molecule has 0 aromatic carbocycles. The number of hydrogen-bond acceptors (Lipinski definition) is 3. The van der Waals surface area contributed by atoms with Crippen molar-refractivity contribution in [1.82, 2.24) is 10.2 Å². The third kappa shape index (κ3) is 0.988. The molecule has 0 aliphatic heterocycles. The van der Waals surface area contributed by atoms with Gasteiger partial charge in [-0.1, -0.05) is 0 Å². The van der Waals surface area contributed by atoms with Crippen LogP contribution in [0.2, 0.25) is 0 Å². The quantitative estimate of drug-likeness (QED) is 0.551. The van der Waals surface area contributed by atoms with E-state index in [0.29, 0.717) is 5.69 Å². The molecule has 0 aliphatic carbocycles. The first-order valence-corrected chi connectivity index (χ1v) is 2.76. The third-order valence-electron chi connectivity index (χ3n) is 1.38. The number of anilines is 1. The minimum Gasteiger partial charge on any atom is -0.397 e. The molecule has 0 aliphatic rings.